The molecule has 3 aromatic rings. The van der Waals surface area contributed by atoms with E-state index in [1.807, 2.05) is 67.6 Å². The summed E-state index contributed by atoms with van der Waals surface area (Å²) in [6, 6.07) is 19.0. The van der Waals surface area contributed by atoms with Gasteiger partial charge in [0.25, 0.3) is 5.91 Å². The van der Waals surface area contributed by atoms with Crippen LogP contribution >= 0.6 is 0 Å². The standard InChI is InChI=1S/C21H21N3O2/c1-15-3-7-17(8-4-15)21(25)24-18-9-12-20(23-14-18)22-13-16-5-10-19(26-2)11-6-16/h3-12,14H,13H2,1-2H3,(H,22,23)(H,24,25). The zero-order chi connectivity index (χ0) is 18.4. The van der Waals surface area contributed by atoms with E-state index in [9.17, 15) is 4.79 Å². The van der Waals surface area contributed by atoms with Crippen LogP contribution < -0.4 is 15.4 Å². The highest BCUT2D eigenvalue weighted by Crippen LogP contribution is 2.15. The maximum atomic E-state index is 12.2. The molecular formula is C21H21N3O2. The number of benzene rings is 2. The van der Waals surface area contributed by atoms with Gasteiger partial charge in [-0.1, -0.05) is 29.8 Å². The molecule has 1 heterocycles. The van der Waals surface area contributed by atoms with Crippen LogP contribution in [0.2, 0.25) is 0 Å². The highest BCUT2D eigenvalue weighted by molar-refractivity contribution is 6.04. The Bertz CT molecular complexity index is 857. The second kappa shape index (κ2) is 8.16. The molecule has 0 atom stereocenters. The fourth-order valence-electron chi connectivity index (χ4n) is 2.42. The zero-order valence-corrected chi connectivity index (χ0v) is 14.8. The summed E-state index contributed by atoms with van der Waals surface area (Å²) >= 11 is 0. The van der Waals surface area contributed by atoms with Gasteiger partial charge < -0.3 is 15.4 Å². The van der Waals surface area contributed by atoms with Crippen LogP contribution in [-0.4, -0.2) is 18.0 Å². The van der Waals surface area contributed by atoms with Crippen LogP contribution in [0, 0.1) is 6.92 Å². The summed E-state index contributed by atoms with van der Waals surface area (Å²) in [5.74, 6) is 1.43. The molecule has 0 unspecified atom stereocenters. The molecule has 5 heteroatoms. The second-order valence-electron chi connectivity index (χ2n) is 5.95. The lowest BCUT2D eigenvalue weighted by Gasteiger charge is -2.09. The van der Waals surface area contributed by atoms with Gasteiger partial charge in [-0.3, -0.25) is 4.79 Å². The first-order chi connectivity index (χ1) is 12.6. The lowest BCUT2D eigenvalue weighted by molar-refractivity contribution is 0.102. The van der Waals surface area contributed by atoms with E-state index in [4.69, 9.17) is 4.74 Å². The second-order valence-corrected chi connectivity index (χ2v) is 5.95. The van der Waals surface area contributed by atoms with E-state index >= 15 is 0 Å². The van der Waals surface area contributed by atoms with E-state index in [0.717, 1.165) is 22.7 Å². The molecule has 0 radical (unpaired) electrons. The molecule has 26 heavy (non-hydrogen) atoms. The molecule has 0 aliphatic heterocycles. The number of nitrogens with one attached hydrogen (secondary N) is 2. The quantitative estimate of drug-likeness (QED) is 0.699. The predicted molar refractivity (Wildman–Crippen MR) is 104 cm³/mol. The number of nitrogens with zero attached hydrogens (tertiary/aromatic N) is 1. The van der Waals surface area contributed by atoms with Crippen molar-refractivity contribution in [3.63, 3.8) is 0 Å². The SMILES string of the molecule is COc1ccc(CNc2ccc(NC(=O)c3ccc(C)cc3)cn2)cc1. The Hall–Kier alpha value is -3.34. The Balaban J connectivity index is 1.55. The van der Waals surface area contributed by atoms with Crippen molar-refractivity contribution in [1.82, 2.24) is 4.98 Å². The Morgan fingerprint density at radius 3 is 2.35 bits per heavy atom. The third-order valence-electron chi connectivity index (χ3n) is 3.97. The average molecular weight is 347 g/mol. The van der Waals surface area contributed by atoms with Gasteiger partial charge in [0.1, 0.15) is 11.6 Å². The molecule has 1 aromatic heterocycles. The van der Waals surface area contributed by atoms with Crippen LogP contribution in [0.15, 0.2) is 66.9 Å². The topological polar surface area (TPSA) is 63.2 Å². The molecule has 2 aromatic carbocycles. The van der Waals surface area contributed by atoms with Crippen molar-refractivity contribution < 1.29 is 9.53 Å². The highest BCUT2D eigenvalue weighted by Gasteiger charge is 2.06. The largest absolute Gasteiger partial charge is 0.497 e. The number of ether oxygens (including phenoxy) is 1. The molecule has 2 N–H and O–H groups in total. The van der Waals surface area contributed by atoms with Crippen molar-refractivity contribution in [2.45, 2.75) is 13.5 Å². The summed E-state index contributed by atoms with van der Waals surface area (Å²) in [6.07, 6.45) is 1.64. The molecule has 132 valence electrons. The molecule has 0 saturated carbocycles. The van der Waals surface area contributed by atoms with E-state index in [1.54, 1.807) is 13.3 Å². The zero-order valence-electron chi connectivity index (χ0n) is 14.8. The number of carbonyl (C=O) groups excluding carboxylic acids is 1. The Kier molecular flexibility index (Phi) is 5.49. The smallest absolute Gasteiger partial charge is 0.255 e. The fraction of sp³-hybridized carbons (Fsp3) is 0.143. The van der Waals surface area contributed by atoms with E-state index < -0.39 is 0 Å². The van der Waals surface area contributed by atoms with Gasteiger partial charge in [-0.2, -0.15) is 0 Å². The van der Waals surface area contributed by atoms with Gasteiger partial charge in [-0.15, -0.1) is 0 Å². The summed E-state index contributed by atoms with van der Waals surface area (Å²) < 4.78 is 5.15. The third-order valence-corrected chi connectivity index (χ3v) is 3.97. The van der Waals surface area contributed by atoms with Crippen LogP contribution in [-0.2, 0) is 6.54 Å². The molecular weight excluding hydrogens is 326 g/mol. The highest BCUT2D eigenvalue weighted by atomic mass is 16.5. The van der Waals surface area contributed by atoms with Crippen LogP contribution in [0.25, 0.3) is 0 Å². The van der Waals surface area contributed by atoms with Crippen molar-refractivity contribution >= 4 is 17.4 Å². The van der Waals surface area contributed by atoms with Gasteiger partial charge in [0.05, 0.1) is 19.0 Å². The molecule has 0 fully saturated rings. The number of carbonyl (C=O) groups is 1. The van der Waals surface area contributed by atoms with Crippen LogP contribution in [0.3, 0.4) is 0 Å². The number of aromatic nitrogens is 1. The number of methoxy groups -OCH3 is 1. The molecule has 0 aliphatic rings. The van der Waals surface area contributed by atoms with E-state index in [1.165, 1.54) is 0 Å². The Morgan fingerprint density at radius 2 is 1.73 bits per heavy atom. The minimum Gasteiger partial charge on any atom is -0.497 e. The number of pyridine rings is 1. The summed E-state index contributed by atoms with van der Waals surface area (Å²) in [7, 11) is 1.65. The molecule has 0 spiro atoms. The summed E-state index contributed by atoms with van der Waals surface area (Å²) in [6.45, 7) is 2.65. The van der Waals surface area contributed by atoms with E-state index in [2.05, 4.69) is 15.6 Å². The molecule has 0 aliphatic carbocycles. The van der Waals surface area contributed by atoms with Crippen molar-refractivity contribution in [1.29, 1.82) is 0 Å². The van der Waals surface area contributed by atoms with Crippen molar-refractivity contribution in [3.8, 4) is 5.75 Å². The number of rotatable bonds is 6. The first-order valence-electron chi connectivity index (χ1n) is 8.35. The number of hydrogen-bond donors (Lipinski definition) is 2. The summed E-state index contributed by atoms with van der Waals surface area (Å²) in [5, 5.41) is 6.10. The summed E-state index contributed by atoms with van der Waals surface area (Å²) in [5.41, 5.74) is 3.53. The molecule has 0 bridgehead atoms. The minimum absolute atomic E-state index is 0.147. The number of hydrogen-bond acceptors (Lipinski definition) is 4. The first-order valence-corrected chi connectivity index (χ1v) is 8.35. The monoisotopic (exact) mass is 347 g/mol. The Morgan fingerprint density at radius 1 is 1.00 bits per heavy atom. The van der Waals surface area contributed by atoms with Gasteiger partial charge in [0, 0.05) is 12.1 Å². The number of amides is 1. The van der Waals surface area contributed by atoms with Gasteiger partial charge in [0.2, 0.25) is 0 Å². The first kappa shape index (κ1) is 17.5. The van der Waals surface area contributed by atoms with Gasteiger partial charge in [-0.05, 0) is 48.9 Å². The predicted octanol–water partition coefficient (Wildman–Crippen LogP) is 4.26. The average Bonchev–Trinajstić information content (AvgIpc) is 2.68. The number of aryl methyl sites for hydroxylation is 1. The van der Waals surface area contributed by atoms with Crippen molar-refractivity contribution in [3.05, 3.63) is 83.6 Å². The van der Waals surface area contributed by atoms with Crippen molar-refractivity contribution in [2.75, 3.05) is 17.7 Å². The fourth-order valence-corrected chi connectivity index (χ4v) is 2.42. The molecule has 5 nitrogen and oxygen atoms in total. The van der Waals surface area contributed by atoms with Crippen LogP contribution in [0.4, 0.5) is 11.5 Å². The Labute approximate surface area is 153 Å². The molecule has 3 rings (SSSR count). The summed E-state index contributed by atoms with van der Waals surface area (Å²) in [4.78, 5) is 16.5. The third kappa shape index (κ3) is 4.60. The molecule has 1 amide bonds. The van der Waals surface area contributed by atoms with Gasteiger partial charge >= 0.3 is 0 Å². The number of anilines is 2. The maximum absolute atomic E-state index is 12.2. The molecule has 0 saturated heterocycles. The lowest BCUT2D eigenvalue weighted by atomic mass is 10.1. The van der Waals surface area contributed by atoms with E-state index in [0.29, 0.717) is 17.8 Å². The van der Waals surface area contributed by atoms with Gasteiger partial charge in [0.15, 0.2) is 0 Å². The van der Waals surface area contributed by atoms with Gasteiger partial charge in [-0.25, -0.2) is 4.98 Å². The normalized spacial score (nSPS) is 10.2. The minimum atomic E-state index is -0.147. The van der Waals surface area contributed by atoms with Crippen LogP contribution in [0.1, 0.15) is 21.5 Å². The van der Waals surface area contributed by atoms with E-state index in [-0.39, 0.29) is 5.91 Å². The van der Waals surface area contributed by atoms with Crippen LogP contribution in [0.5, 0.6) is 5.75 Å². The maximum Gasteiger partial charge on any atom is 0.255 e. The lowest BCUT2D eigenvalue weighted by Crippen LogP contribution is -2.12. The van der Waals surface area contributed by atoms with Crippen molar-refractivity contribution in [2.24, 2.45) is 0 Å².